The fourth-order valence-electron chi connectivity index (χ4n) is 5.62. The number of nitrogens with zero attached hydrogens (tertiary/aromatic N) is 2. The molecule has 7 nitrogen and oxygen atoms in total. The third kappa shape index (κ3) is 6.32. The maximum absolute atomic E-state index is 14.0. The quantitative estimate of drug-likeness (QED) is 0.509. The van der Waals surface area contributed by atoms with Crippen LogP contribution in [0.2, 0.25) is 0 Å². The Balaban J connectivity index is 1.44. The van der Waals surface area contributed by atoms with Crippen molar-refractivity contribution in [3.63, 3.8) is 0 Å². The van der Waals surface area contributed by atoms with Crippen molar-refractivity contribution in [2.24, 2.45) is 0 Å². The molecule has 8 heteroatoms. The Bertz CT molecular complexity index is 1210. The van der Waals surface area contributed by atoms with Crippen LogP contribution in [0.5, 0.6) is 0 Å². The Morgan fingerprint density at radius 1 is 1.10 bits per heavy atom. The van der Waals surface area contributed by atoms with E-state index in [9.17, 15) is 18.8 Å². The predicted molar refractivity (Wildman–Crippen MR) is 151 cm³/mol. The minimum absolute atomic E-state index is 0.0342. The molecule has 2 aromatic rings. The minimum atomic E-state index is -0.793. The van der Waals surface area contributed by atoms with E-state index < -0.39 is 11.5 Å². The molecule has 0 spiro atoms. The molecule has 2 N–H and O–H groups in total. The average Bonchev–Trinajstić information content (AvgIpc) is 3.11. The first-order valence-corrected chi connectivity index (χ1v) is 13.9. The van der Waals surface area contributed by atoms with Gasteiger partial charge in [-0.25, -0.2) is 4.39 Å². The second-order valence-electron chi connectivity index (χ2n) is 12.0. The van der Waals surface area contributed by atoms with Gasteiger partial charge >= 0.3 is 0 Å². The highest BCUT2D eigenvalue weighted by Crippen LogP contribution is 2.44. The van der Waals surface area contributed by atoms with Gasteiger partial charge in [0.05, 0.1) is 5.41 Å². The number of halogens is 1. The molecule has 3 amide bonds. The Morgan fingerprint density at radius 3 is 2.41 bits per heavy atom. The number of aryl methyl sites for hydroxylation is 1. The monoisotopic (exact) mass is 536 g/mol. The van der Waals surface area contributed by atoms with Crippen molar-refractivity contribution in [3.05, 3.63) is 65.5 Å². The highest BCUT2D eigenvalue weighted by molar-refractivity contribution is 6.08. The summed E-state index contributed by atoms with van der Waals surface area (Å²) >= 11 is 0. The summed E-state index contributed by atoms with van der Waals surface area (Å²) in [5.74, 6) is -0.633. The number of likely N-dealkylation sites (tertiary alicyclic amines) is 1. The molecule has 4 rings (SSSR count). The van der Waals surface area contributed by atoms with Gasteiger partial charge in [-0.05, 0) is 89.8 Å². The fraction of sp³-hybridized carbons (Fsp3) is 0.516. The molecule has 1 saturated heterocycles. The van der Waals surface area contributed by atoms with Gasteiger partial charge in [-0.1, -0.05) is 30.3 Å². The topological polar surface area (TPSA) is 81.8 Å². The number of anilines is 1. The molecule has 2 heterocycles. The molecule has 0 bridgehead atoms. The normalized spacial score (nSPS) is 18.2. The number of hydrogen-bond acceptors (Lipinski definition) is 4. The zero-order valence-corrected chi connectivity index (χ0v) is 23.7. The third-order valence-corrected chi connectivity index (χ3v) is 8.26. The summed E-state index contributed by atoms with van der Waals surface area (Å²) in [5.41, 5.74) is 1.41. The first-order valence-electron chi connectivity index (χ1n) is 13.9. The second kappa shape index (κ2) is 11.5. The van der Waals surface area contributed by atoms with Crippen LogP contribution in [0.4, 0.5) is 10.1 Å². The molecule has 2 aliphatic rings. The summed E-state index contributed by atoms with van der Waals surface area (Å²) < 4.78 is 14.0. The summed E-state index contributed by atoms with van der Waals surface area (Å²) in [5, 5.41) is 6.14. The first kappa shape index (κ1) is 28.7. The Hall–Kier alpha value is -3.26. The van der Waals surface area contributed by atoms with E-state index >= 15 is 0 Å². The molecular formula is C31H41FN4O3. The van der Waals surface area contributed by atoms with E-state index in [-0.39, 0.29) is 41.5 Å². The number of nitrogens with one attached hydrogen (secondary N) is 2. The van der Waals surface area contributed by atoms with Crippen molar-refractivity contribution in [3.8, 4) is 0 Å². The molecule has 210 valence electrons. The Labute approximate surface area is 231 Å². The fourth-order valence-corrected chi connectivity index (χ4v) is 5.62. The van der Waals surface area contributed by atoms with Gasteiger partial charge in [0.2, 0.25) is 17.7 Å². The van der Waals surface area contributed by atoms with Gasteiger partial charge in [-0.2, -0.15) is 0 Å². The number of rotatable bonds is 9. The zero-order valence-electron chi connectivity index (χ0n) is 23.7. The number of carbonyl (C=O) groups excluding carboxylic acids is 3. The number of benzene rings is 2. The van der Waals surface area contributed by atoms with Gasteiger partial charge in [0.25, 0.3) is 0 Å². The van der Waals surface area contributed by atoms with E-state index in [1.807, 2.05) is 74.9 Å². The third-order valence-electron chi connectivity index (χ3n) is 8.26. The lowest BCUT2D eigenvalue weighted by molar-refractivity contribution is -0.137. The van der Waals surface area contributed by atoms with Crippen LogP contribution in [-0.4, -0.2) is 60.4 Å². The molecule has 2 aliphatic heterocycles. The van der Waals surface area contributed by atoms with Crippen molar-refractivity contribution in [1.29, 1.82) is 0 Å². The number of carbonyl (C=O) groups is 3. The zero-order chi connectivity index (χ0) is 28.4. The van der Waals surface area contributed by atoms with Crippen LogP contribution in [0.3, 0.4) is 0 Å². The Morgan fingerprint density at radius 2 is 1.77 bits per heavy atom. The maximum Gasteiger partial charge on any atom is 0.245 e. The predicted octanol–water partition coefficient (Wildman–Crippen LogP) is 3.95. The van der Waals surface area contributed by atoms with E-state index in [0.717, 1.165) is 11.3 Å². The second-order valence-corrected chi connectivity index (χ2v) is 12.0. The molecule has 0 aromatic heterocycles. The van der Waals surface area contributed by atoms with Gasteiger partial charge in [0.15, 0.2) is 0 Å². The summed E-state index contributed by atoms with van der Waals surface area (Å²) in [4.78, 5) is 43.6. The van der Waals surface area contributed by atoms with Crippen molar-refractivity contribution in [1.82, 2.24) is 15.5 Å². The van der Waals surface area contributed by atoms with Crippen LogP contribution < -0.4 is 15.5 Å². The van der Waals surface area contributed by atoms with E-state index in [1.54, 1.807) is 6.07 Å². The highest BCUT2D eigenvalue weighted by atomic mass is 19.1. The van der Waals surface area contributed by atoms with E-state index in [4.69, 9.17) is 0 Å². The molecule has 0 saturated carbocycles. The van der Waals surface area contributed by atoms with Crippen LogP contribution >= 0.6 is 0 Å². The molecule has 0 radical (unpaired) electrons. The molecule has 1 fully saturated rings. The van der Waals surface area contributed by atoms with Gasteiger partial charge < -0.3 is 20.4 Å². The number of piperidine rings is 1. The summed E-state index contributed by atoms with van der Waals surface area (Å²) in [6.45, 7) is 8.55. The smallest absolute Gasteiger partial charge is 0.245 e. The molecule has 1 atom stereocenters. The van der Waals surface area contributed by atoms with Crippen LogP contribution in [-0.2, 0) is 26.2 Å². The largest absolute Gasteiger partial charge is 0.344 e. The summed E-state index contributed by atoms with van der Waals surface area (Å²) in [6.07, 6.45) is 2.68. The SMILES string of the molecule is CNC(C)(C)CC(=O)N[C@@H](CCc1ccccc1)C(=O)N1CCC(N2C(=O)C(C)(C)c3cc(F)ccc32)CC1. The van der Waals surface area contributed by atoms with Crippen molar-refractivity contribution in [2.75, 3.05) is 25.0 Å². The van der Waals surface area contributed by atoms with Crippen molar-refractivity contribution >= 4 is 23.4 Å². The molecular weight excluding hydrogens is 495 g/mol. The van der Waals surface area contributed by atoms with Gasteiger partial charge in [0.1, 0.15) is 11.9 Å². The van der Waals surface area contributed by atoms with E-state index in [1.165, 1.54) is 12.1 Å². The molecule has 0 aliphatic carbocycles. The Kier molecular flexibility index (Phi) is 8.45. The van der Waals surface area contributed by atoms with Gasteiger partial charge in [-0.3, -0.25) is 14.4 Å². The standard InChI is InChI=1S/C31H41FN4O3/c1-30(2,33-5)20-27(37)34-25(13-11-21-9-7-6-8-10-21)28(38)35-17-15-23(16-18-35)36-26-14-12-22(32)19-24(26)31(3,4)29(36)39/h6-10,12,14,19,23,25,33H,11,13,15-18,20H2,1-5H3,(H,34,37)/t25-/m0/s1. The van der Waals surface area contributed by atoms with Crippen LogP contribution in [0.1, 0.15) is 64.5 Å². The van der Waals surface area contributed by atoms with Crippen LogP contribution in [0, 0.1) is 5.82 Å². The average molecular weight is 537 g/mol. The lowest BCUT2D eigenvalue weighted by atomic mass is 9.86. The van der Waals surface area contributed by atoms with Crippen molar-refractivity contribution < 1.29 is 18.8 Å². The number of amides is 3. The molecule has 39 heavy (non-hydrogen) atoms. The lowest BCUT2D eigenvalue weighted by Crippen LogP contribution is -2.55. The van der Waals surface area contributed by atoms with Crippen molar-refractivity contribution in [2.45, 2.75) is 82.8 Å². The lowest BCUT2D eigenvalue weighted by Gasteiger charge is -2.39. The summed E-state index contributed by atoms with van der Waals surface area (Å²) in [7, 11) is 1.82. The van der Waals surface area contributed by atoms with Crippen LogP contribution in [0.15, 0.2) is 48.5 Å². The van der Waals surface area contributed by atoms with Crippen LogP contribution in [0.25, 0.3) is 0 Å². The first-order chi connectivity index (χ1) is 18.4. The van der Waals surface area contributed by atoms with E-state index in [2.05, 4.69) is 10.6 Å². The highest BCUT2D eigenvalue weighted by Gasteiger charge is 2.47. The van der Waals surface area contributed by atoms with E-state index in [0.29, 0.717) is 44.3 Å². The minimum Gasteiger partial charge on any atom is -0.344 e. The number of hydrogen-bond donors (Lipinski definition) is 2. The van der Waals surface area contributed by atoms with Gasteiger partial charge in [-0.15, -0.1) is 0 Å². The number of fused-ring (bicyclic) bond motifs is 1. The maximum atomic E-state index is 14.0. The van der Waals surface area contributed by atoms with Gasteiger partial charge in [0, 0.05) is 36.8 Å². The molecule has 2 aromatic carbocycles. The molecule has 0 unspecified atom stereocenters. The summed E-state index contributed by atoms with van der Waals surface area (Å²) in [6, 6.07) is 13.8.